The van der Waals surface area contributed by atoms with E-state index in [2.05, 4.69) is 4.98 Å². The molecule has 1 aromatic heterocycles. The number of aryl methyl sites for hydroxylation is 1. The first-order valence-electron chi connectivity index (χ1n) is 6.80. The Bertz CT molecular complexity index is 510. The lowest BCUT2D eigenvalue weighted by Gasteiger charge is -2.32. The predicted octanol–water partition coefficient (Wildman–Crippen LogP) is 3.04. The number of methoxy groups -OCH3 is 1. The summed E-state index contributed by atoms with van der Waals surface area (Å²) in [5, 5.41) is 0. The quantitative estimate of drug-likeness (QED) is 0.795. The molecule has 2 heterocycles. The third kappa shape index (κ3) is 3.05. The fourth-order valence-electron chi connectivity index (χ4n) is 2.02. The topological polar surface area (TPSA) is 40.6 Å². The Morgan fingerprint density at radius 2 is 1.75 bits per heavy atom. The maximum absolute atomic E-state index is 5.92. The van der Waals surface area contributed by atoms with Gasteiger partial charge < -0.3 is 14.0 Å². The SMILES string of the molecule is COc1cc(/C=C/B2OC(C)(C)C(C)(C)O2)cc(C)n1. The number of pyridine rings is 1. The summed E-state index contributed by atoms with van der Waals surface area (Å²) in [5.41, 5.74) is 1.31. The molecule has 0 radical (unpaired) electrons. The molecule has 0 atom stereocenters. The first kappa shape index (κ1) is 15.1. The molecule has 1 saturated heterocycles. The summed E-state index contributed by atoms with van der Waals surface area (Å²) in [7, 11) is 1.28. The first-order valence-corrected chi connectivity index (χ1v) is 6.80. The van der Waals surface area contributed by atoms with Gasteiger partial charge in [0.15, 0.2) is 0 Å². The second-order valence-corrected chi connectivity index (χ2v) is 6.07. The molecule has 1 fully saturated rings. The number of aromatic nitrogens is 1. The van der Waals surface area contributed by atoms with Crippen LogP contribution in [0.15, 0.2) is 18.1 Å². The van der Waals surface area contributed by atoms with Gasteiger partial charge in [-0.25, -0.2) is 4.98 Å². The van der Waals surface area contributed by atoms with Crippen LogP contribution in [0.5, 0.6) is 5.88 Å². The summed E-state index contributed by atoms with van der Waals surface area (Å²) in [6.45, 7) is 10.1. The Kier molecular flexibility index (Phi) is 3.94. The number of hydrogen-bond acceptors (Lipinski definition) is 4. The van der Waals surface area contributed by atoms with E-state index in [-0.39, 0.29) is 18.3 Å². The van der Waals surface area contributed by atoms with Gasteiger partial charge in [0.1, 0.15) is 0 Å². The van der Waals surface area contributed by atoms with Crippen molar-refractivity contribution in [2.45, 2.75) is 45.8 Å². The molecule has 0 N–H and O–H groups in total. The van der Waals surface area contributed by atoms with Crippen molar-refractivity contribution in [3.8, 4) is 5.88 Å². The molecule has 1 aliphatic heterocycles. The smallest absolute Gasteiger partial charge is 0.481 e. The highest BCUT2D eigenvalue weighted by molar-refractivity contribution is 6.52. The van der Waals surface area contributed by atoms with Gasteiger partial charge in [-0.1, -0.05) is 12.1 Å². The van der Waals surface area contributed by atoms with E-state index in [1.807, 2.05) is 58.8 Å². The van der Waals surface area contributed by atoms with Crippen LogP contribution in [-0.4, -0.2) is 30.4 Å². The predicted molar refractivity (Wildman–Crippen MR) is 80.6 cm³/mol. The van der Waals surface area contributed by atoms with E-state index >= 15 is 0 Å². The summed E-state index contributed by atoms with van der Waals surface area (Å²) in [6.07, 6.45) is 1.97. The number of hydrogen-bond donors (Lipinski definition) is 0. The van der Waals surface area contributed by atoms with Gasteiger partial charge >= 0.3 is 7.12 Å². The average molecular weight is 275 g/mol. The summed E-state index contributed by atoms with van der Waals surface area (Å²) in [4.78, 5) is 4.26. The highest BCUT2D eigenvalue weighted by Gasteiger charge is 2.49. The number of rotatable bonds is 3. The Labute approximate surface area is 121 Å². The summed E-state index contributed by atoms with van der Waals surface area (Å²) in [5.74, 6) is 2.53. The van der Waals surface area contributed by atoms with Crippen LogP contribution in [0.3, 0.4) is 0 Å². The van der Waals surface area contributed by atoms with Crippen molar-refractivity contribution in [3.63, 3.8) is 0 Å². The van der Waals surface area contributed by atoms with Crippen LogP contribution in [0.25, 0.3) is 6.08 Å². The molecule has 1 aliphatic rings. The second-order valence-electron chi connectivity index (χ2n) is 6.07. The molecule has 0 amide bonds. The van der Waals surface area contributed by atoms with E-state index in [1.54, 1.807) is 7.11 Å². The van der Waals surface area contributed by atoms with Crippen LogP contribution >= 0.6 is 0 Å². The molecule has 108 valence electrons. The Hall–Kier alpha value is -1.33. The highest BCUT2D eigenvalue weighted by Crippen LogP contribution is 2.37. The Morgan fingerprint density at radius 3 is 2.30 bits per heavy atom. The van der Waals surface area contributed by atoms with Gasteiger partial charge in [-0.3, -0.25) is 0 Å². The van der Waals surface area contributed by atoms with Crippen molar-refractivity contribution in [2.24, 2.45) is 0 Å². The highest BCUT2D eigenvalue weighted by atomic mass is 16.7. The lowest BCUT2D eigenvalue weighted by molar-refractivity contribution is 0.00578. The summed E-state index contributed by atoms with van der Waals surface area (Å²) < 4.78 is 17.0. The number of ether oxygens (including phenoxy) is 1. The van der Waals surface area contributed by atoms with E-state index in [9.17, 15) is 0 Å². The van der Waals surface area contributed by atoms with E-state index in [0.29, 0.717) is 5.88 Å². The van der Waals surface area contributed by atoms with E-state index in [4.69, 9.17) is 14.0 Å². The largest absolute Gasteiger partial charge is 0.487 e. The second kappa shape index (κ2) is 5.22. The van der Waals surface area contributed by atoms with Crippen molar-refractivity contribution in [1.82, 2.24) is 4.98 Å². The van der Waals surface area contributed by atoms with Crippen molar-refractivity contribution in [2.75, 3.05) is 7.11 Å². The van der Waals surface area contributed by atoms with Gasteiger partial charge in [0, 0.05) is 11.8 Å². The monoisotopic (exact) mass is 275 g/mol. The minimum absolute atomic E-state index is 0.312. The van der Waals surface area contributed by atoms with E-state index in [0.717, 1.165) is 11.3 Å². The van der Waals surface area contributed by atoms with Crippen molar-refractivity contribution < 1.29 is 14.0 Å². The lowest BCUT2D eigenvalue weighted by Crippen LogP contribution is -2.41. The van der Waals surface area contributed by atoms with Crippen LogP contribution in [0, 0.1) is 6.92 Å². The zero-order valence-electron chi connectivity index (χ0n) is 13.1. The molecule has 0 bridgehead atoms. The Balaban J connectivity index is 2.13. The molecule has 4 nitrogen and oxygen atoms in total. The van der Waals surface area contributed by atoms with E-state index in [1.165, 1.54) is 0 Å². The van der Waals surface area contributed by atoms with Gasteiger partial charge in [-0.15, -0.1) is 0 Å². The third-order valence-corrected chi connectivity index (χ3v) is 3.88. The maximum atomic E-state index is 5.92. The normalized spacial score (nSPS) is 20.6. The lowest BCUT2D eigenvalue weighted by atomic mass is 9.89. The zero-order chi connectivity index (χ0) is 15.0. The zero-order valence-corrected chi connectivity index (χ0v) is 13.1. The molecule has 0 aromatic carbocycles. The third-order valence-electron chi connectivity index (χ3n) is 3.88. The first-order chi connectivity index (χ1) is 9.23. The van der Waals surface area contributed by atoms with Gasteiger partial charge in [0.2, 0.25) is 5.88 Å². The van der Waals surface area contributed by atoms with E-state index < -0.39 is 0 Å². The maximum Gasteiger partial charge on any atom is 0.487 e. The fraction of sp³-hybridized carbons (Fsp3) is 0.533. The van der Waals surface area contributed by atoms with Crippen LogP contribution in [0.4, 0.5) is 0 Å². The minimum Gasteiger partial charge on any atom is -0.481 e. The molecule has 2 rings (SSSR count). The van der Waals surface area contributed by atoms with Crippen LogP contribution in [0.2, 0.25) is 0 Å². The van der Waals surface area contributed by atoms with Crippen molar-refractivity contribution in [1.29, 1.82) is 0 Å². The molecule has 20 heavy (non-hydrogen) atoms. The average Bonchev–Trinajstić information content (AvgIpc) is 2.54. The van der Waals surface area contributed by atoms with Crippen molar-refractivity contribution >= 4 is 13.2 Å². The van der Waals surface area contributed by atoms with Gasteiger partial charge in [0.25, 0.3) is 0 Å². The van der Waals surface area contributed by atoms with Gasteiger partial charge in [0.05, 0.1) is 18.3 Å². The summed E-state index contributed by atoms with van der Waals surface area (Å²) >= 11 is 0. The molecule has 0 aliphatic carbocycles. The van der Waals surface area contributed by atoms with Gasteiger partial charge in [-0.05, 0) is 46.2 Å². The molecule has 5 heteroatoms. The molecule has 0 saturated carbocycles. The van der Waals surface area contributed by atoms with Crippen LogP contribution < -0.4 is 4.74 Å². The number of nitrogens with zero attached hydrogens (tertiary/aromatic N) is 1. The summed E-state index contributed by atoms with van der Waals surface area (Å²) in [6, 6.07) is 3.87. The van der Waals surface area contributed by atoms with Crippen LogP contribution in [-0.2, 0) is 9.31 Å². The standard InChI is InChI=1S/C15H22BNO3/c1-11-9-12(10-13(17-11)18-6)7-8-16-19-14(2,3)15(4,5)20-16/h7-10H,1-6H3/b8-7+. The molecule has 0 unspecified atom stereocenters. The molecular weight excluding hydrogens is 253 g/mol. The van der Waals surface area contributed by atoms with Crippen molar-refractivity contribution in [3.05, 3.63) is 29.4 Å². The minimum atomic E-state index is -0.334. The molecule has 1 aromatic rings. The molecule has 0 spiro atoms. The fourth-order valence-corrected chi connectivity index (χ4v) is 2.02. The van der Waals surface area contributed by atoms with Crippen LogP contribution in [0.1, 0.15) is 39.0 Å². The van der Waals surface area contributed by atoms with Gasteiger partial charge in [-0.2, -0.15) is 0 Å². The Morgan fingerprint density at radius 1 is 1.15 bits per heavy atom. The molecular formula is C15H22BNO3.